The molecule has 0 radical (unpaired) electrons. The van der Waals surface area contributed by atoms with Gasteiger partial charge in [0.25, 0.3) is 0 Å². The van der Waals surface area contributed by atoms with Gasteiger partial charge in [0.2, 0.25) is 5.95 Å². The molecule has 34 heavy (non-hydrogen) atoms. The second-order valence-corrected chi connectivity index (χ2v) is 10.9. The molecule has 0 aliphatic heterocycles. The molecule has 4 rings (SSSR count). The maximum atomic E-state index is 11.6. The normalized spacial score (nSPS) is 11.4. The molecule has 0 spiro atoms. The van der Waals surface area contributed by atoms with Gasteiger partial charge in [-0.1, -0.05) is 30.3 Å². The van der Waals surface area contributed by atoms with E-state index in [9.17, 15) is 8.42 Å². The highest BCUT2D eigenvalue weighted by atomic mass is 32.2. The number of benzene rings is 2. The molecular formula is C24H26N6O2S2. The Morgan fingerprint density at radius 3 is 2.29 bits per heavy atom. The van der Waals surface area contributed by atoms with Crippen molar-refractivity contribution in [3.63, 3.8) is 0 Å². The quantitative estimate of drug-likeness (QED) is 0.277. The van der Waals surface area contributed by atoms with Crippen LogP contribution in [0.25, 0.3) is 11.1 Å². The highest BCUT2D eigenvalue weighted by molar-refractivity contribution is 7.90. The van der Waals surface area contributed by atoms with Crippen LogP contribution in [0.3, 0.4) is 0 Å². The average Bonchev–Trinajstić information content (AvgIpc) is 3.31. The van der Waals surface area contributed by atoms with Crippen LogP contribution < -0.4 is 22.1 Å². The monoisotopic (exact) mass is 494 g/mol. The van der Waals surface area contributed by atoms with Crippen molar-refractivity contribution >= 4 is 38.6 Å². The molecule has 0 aliphatic rings. The van der Waals surface area contributed by atoms with E-state index in [-0.39, 0.29) is 5.95 Å². The minimum Gasteiger partial charge on any atom is -0.383 e. The van der Waals surface area contributed by atoms with Crippen molar-refractivity contribution < 1.29 is 8.42 Å². The van der Waals surface area contributed by atoms with Gasteiger partial charge in [-0.3, -0.25) is 0 Å². The van der Waals surface area contributed by atoms with E-state index in [4.69, 9.17) is 11.5 Å². The molecule has 4 aromatic rings. The van der Waals surface area contributed by atoms with Crippen LogP contribution in [0, 0.1) is 0 Å². The fourth-order valence-corrected chi connectivity index (χ4v) is 4.82. The number of nitrogen functional groups attached to an aromatic ring is 2. The highest BCUT2D eigenvalue weighted by Gasteiger charge is 2.14. The van der Waals surface area contributed by atoms with Crippen LogP contribution >= 0.6 is 11.3 Å². The number of nitrogens with one attached hydrogen (secondary N) is 2. The van der Waals surface area contributed by atoms with Crippen molar-refractivity contribution in [1.82, 2.24) is 15.3 Å². The third kappa shape index (κ3) is 5.90. The molecule has 0 bridgehead atoms. The number of hydrogen-bond acceptors (Lipinski definition) is 9. The Kier molecular flexibility index (Phi) is 7.11. The minimum atomic E-state index is -3.20. The summed E-state index contributed by atoms with van der Waals surface area (Å²) in [5, 5.41) is 8.78. The number of nitrogens with zero attached hydrogens (tertiary/aromatic N) is 2. The summed E-state index contributed by atoms with van der Waals surface area (Å²) in [4.78, 5) is 10.1. The lowest BCUT2D eigenvalue weighted by Crippen LogP contribution is -2.16. The zero-order valence-electron chi connectivity index (χ0n) is 18.7. The first kappa shape index (κ1) is 23.7. The lowest BCUT2D eigenvalue weighted by Gasteiger charge is -2.14. The molecule has 0 saturated heterocycles. The van der Waals surface area contributed by atoms with Gasteiger partial charge in [-0.2, -0.15) is 4.98 Å². The first-order valence-electron chi connectivity index (χ1n) is 10.6. The number of anilines is 3. The Morgan fingerprint density at radius 2 is 1.65 bits per heavy atom. The maximum absolute atomic E-state index is 11.6. The van der Waals surface area contributed by atoms with Gasteiger partial charge in [-0.25, -0.2) is 13.4 Å². The predicted molar refractivity (Wildman–Crippen MR) is 138 cm³/mol. The van der Waals surface area contributed by atoms with E-state index in [1.165, 1.54) is 11.1 Å². The summed E-state index contributed by atoms with van der Waals surface area (Å²) in [5.74, 6) is 0.487. The SMILES string of the molecule is CS(=O)(=O)c1ccc(CNc2ccc(-c3c(N)nc(N)nc3CNCc3cccs3)cc2)cc1. The van der Waals surface area contributed by atoms with Gasteiger partial charge < -0.3 is 22.1 Å². The Balaban J connectivity index is 1.45. The Morgan fingerprint density at radius 1 is 0.912 bits per heavy atom. The van der Waals surface area contributed by atoms with Crippen molar-refractivity contribution in [2.45, 2.75) is 24.5 Å². The zero-order valence-corrected chi connectivity index (χ0v) is 20.3. The van der Waals surface area contributed by atoms with Crippen molar-refractivity contribution in [3.05, 3.63) is 82.2 Å². The van der Waals surface area contributed by atoms with Crippen molar-refractivity contribution in [2.24, 2.45) is 0 Å². The summed E-state index contributed by atoms with van der Waals surface area (Å²) in [6.07, 6.45) is 1.20. The summed E-state index contributed by atoms with van der Waals surface area (Å²) in [6, 6.07) is 18.8. The molecule has 2 aromatic carbocycles. The number of aromatic nitrogens is 2. The zero-order chi connectivity index (χ0) is 24.1. The second-order valence-electron chi connectivity index (χ2n) is 7.82. The predicted octanol–water partition coefficient (Wildman–Crippen LogP) is 3.67. The van der Waals surface area contributed by atoms with Gasteiger partial charge in [0.1, 0.15) is 5.82 Å². The summed E-state index contributed by atoms with van der Waals surface area (Å²) >= 11 is 1.69. The summed E-state index contributed by atoms with van der Waals surface area (Å²) < 4.78 is 23.2. The Bertz CT molecular complexity index is 1350. The fourth-order valence-electron chi connectivity index (χ4n) is 3.52. The molecule has 0 saturated carbocycles. The topological polar surface area (TPSA) is 136 Å². The van der Waals surface area contributed by atoms with Crippen LogP contribution in [0.5, 0.6) is 0 Å². The van der Waals surface area contributed by atoms with E-state index >= 15 is 0 Å². The molecule has 2 heterocycles. The van der Waals surface area contributed by atoms with Crippen molar-refractivity contribution in [1.29, 1.82) is 0 Å². The van der Waals surface area contributed by atoms with E-state index < -0.39 is 9.84 Å². The molecule has 8 nitrogen and oxygen atoms in total. The average molecular weight is 495 g/mol. The smallest absolute Gasteiger partial charge is 0.222 e. The van der Waals surface area contributed by atoms with E-state index in [1.54, 1.807) is 35.6 Å². The number of rotatable bonds is 9. The van der Waals surface area contributed by atoms with Gasteiger partial charge in [0.05, 0.1) is 10.6 Å². The van der Waals surface area contributed by atoms with E-state index in [1.807, 2.05) is 35.7 Å². The van der Waals surface area contributed by atoms with E-state index in [0.29, 0.717) is 23.8 Å². The maximum Gasteiger partial charge on any atom is 0.222 e. The van der Waals surface area contributed by atoms with Crippen LogP contribution in [-0.2, 0) is 29.5 Å². The second kappa shape index (κ2) is 10.2. The Hall–Kier alpha value is -3.47. The molecule has 0 atom stereocenters. The van der Waals surface area contributed by atoms with Gasteiger partial charge >= 0.3 is 0 Å². The van der Waals surface area contributed by atoms with Gasteiger partial charge in [0, 0.05) is 42.0 Å². The van der Waals surface area contributed by atoms with Crippen LogP contribution in [0.1, 0.15) is 16.1 Å². The van der Waals surface area contributed by atoms with E-state index in [2.05, 4.69) is 26.7 Å². The molecule has 0 amide bonds. The van der Waals surface area contributed by atoms with Gasteiger partial charge in [-0.15, -0.1) is 11.3 Å². The van der Waals surface area contributed by atoms with Crippen LogP contribution in [0.15, 0.2) is 70.9 Å². The Labute approximate surface area is 203 Å². The van der Waals surface area contributed by atoms with Gasteiger partial charge in [0.15, 0.2) is 9.84 Å². The summed E-state index contributed by atoms with van der Waals surface area (Å²) in [5.41, 5.74) is 16.4. The standard InChI is InChI=1S/C24H26N6O2S2/c1-34(31,32)20-10-4-16(5-11-20)13-28-18-8-6-17(7-9-18)22-21(29-24(26)30-23(22)25)15-27-14-19-3-2-12-33-19/h2-12,27-28H,13-15H2,1H3,(H4,25,26,29,30). The number of nitrogens with two attached hydrogens (primary N) is 2. The van der Waals surface area contributed by atoms with Crippen molar-refractivity contribution in [2.75, 3.05) is 23.0 Å². The minimum absolute atomic E-state index is 0.148. The summed E-state index contributed by atoms with van der Waals surface area (Å²) in [6.45, 7) is 1.80. The molecule has 6 N–H and O–H groups in total. The van der Waals surface area contributed by atoms with Crippen LogP contribution in [0.2, 0.25) is 0 Å². The van der Waals surface area contributed by atoms with Crippen molar-refractivity contribution in [3.8, 4) is 11.1 Å². The number of thiophene rings is 1. The van der Waals surface area contributed by atoms with Gasteiger partial charge in [-0.05, 0) is 46.8 Å². The molecule has 176 valence electrons. The molecule has 2 aromatic heterocycles. The van der Waals surface area contributed by atoms with Crippen LogP contribution in [-0.4, -0.2) is 24.6 Å². The summed E-state index contributed by atoms with van der Waals surface area (Å²) in [7, 11) is -3.20. The highest BCUT2D eigenvalue weighted by Crippen LogP contribution is 2.29. The largest absolute Gasteiger partial charge is 0.383 e. The molecule has 10 heteroatoms. The van der Waals surface area contributed by atoms with Crippen LogP contribution in [0.4, 0.5) is 17.5 Å². The lowest BCUT2D eigenvalue weighted by molar-refractivity contribution is 0.602. The third-order valence-corrected chi connectivity index (χ3v) is 7.23. The number of sulfone groups is 1. The van der Waals surface area contributed by atoms with E-state index in [0.717, 1.165) is 34.6 Å². The fraction of sp³-hybridized carbons (Fsp3) is 0.167. The molecule has 0 unspecified atom stereocenters. The first-order chi connectivity index (χ1) is 16.3. The molecular weight excluding hydrogens is 468 g/mol. The number of hydrogen-bond donors (Lipinski definition) is 4. The first-order valence-corrected chi connectivity index (χ1v) is 13.3. The lowest BCUT2D eigenvalue weighted by atomic mass is 10.0. The molecule has 0 fully saturated rings. The third-order valence-electron chi connectivity index (χ3n) is 5.22. The molecule has 0 aliphatic carbocycles.